The zero-order valence-corrected chi connectivity index (χ0v) is 13.4. The third-order valence-electron chi connectivity index (χ3n) is 2.47. The largest absolute Gasteiger partial charge is 0.492 e. The molecule has 5 nitrogen and oxygen atoms in total. The molecule has 0 unspecified atom stereocenters. The molecule has 0 amide bonds. The van der Waals surface area contributed by atoms with E-state index in [0.29, 0.717) is 11.1 Å². The summed E-state index contributed by atoms with van der Waals surface area (Å²) in [6.45, 7) is 2.10. The highest BCUT2D eigenvalue weighted by atomic mass is 79.9. The van der Waals surface area contributed by atoms with Crippen molar-refractivity contribution in [2.75, 3.05) is 11.3 Å². The Kier molecular flexibility index (Phi) is 4.79. The Labute approximate surface area is 130 Å². The van der Waals surface area contributed by atoms with Crippen LogP contribution in [0.3, 0.4) is 0 Å². The highest BCUT2D eigenvalue weighted by Crippen LogP contribution is 2.29. The van der Waals surface area contributed by atoms with Gasteiger partial charge in [-0.3, -0.25) is 4.72 Å². The van der Waals surface area contributed by atoms with Gasteiger partial charge >= 0.3 is 0 Å². The lowest BCUT2D eigenvalue weighted by atomic mass is 10.3. The Balaban J connectivity index is 2.39. The fourth-order valence-corrected chi connectivity index (χ4v) is 3.34. The first kappa shape index (κ1) is 15.7. The molecular weight excluding hydrogens is 363 g/mol. The first-order chi connectivity index (χ1) is 9.92. The van der Waals surface area contributed by atoms with Crippen molar-refractivity contribution in [2.24, 2.45) is 0 Å². The minimum atomic E-state index is -3.87. The molecule has 112 valence electrons. The van der Waals surface area contributed by atoms with Gasteiger partial charge in [0.05, 0.1) is 18.5 Å². The second kappa shape index (κ2) is 6.40. The fourth-order valence-electron chi connectivity index (χ4n) is 1.61. The summed E-state index contributed by atoms with van der Waals surface area (Å²) in [5.74, 6) is -0.446. The van der Waals surface area contributed by atoms with E-state index in [4.69, 9.17) is 4.74 Å². The highest BCUT2D eigenvalue weighted by Gasteiger charge is 2.20. The molecule has 0 saturated carbocycles. The summed E-state index contributed by atoms with van der Waals surface area (Å²) >= 11 is 3.23. The molecular formula is C13H12BrFN2O3S. The molecule has 0 aliphatic carbocycles. The molecule has 0 aliphatic rings. The molecule has 1 heterocycles. The van der Waals surface area contributed by atoms with Gasteiger partial charge in [-0.25, -0.2) is 13.4 Å². The predicted octanol–water partition coefficient (Wildman–Crippen LogP) is 3.18. The summed E-state index contributed by atoms with van der Waals surface area (Å²) in [4.78, 5) is 3.39. The van der Waals surface area contributed by atoms with Crippen molar-refractivity contribution in [1.29, 1.82) is 0 Å². The van der Waals surface area contributed by atoms with Gasteiger partial charge < -0.3 is 4.74 Å². The number of hydrogen-bond acceptors (Lipinski definition) is 4. The number of rotatable bonds is 5. The van der Waals surface area contributed by atoms with Crippen LogP contribution in [-0.4, -0.2) is 20.0 Å². The molecule has 2 rings (SSSR count). The Bertz CT molecular complexity index is 736. The van der Waals surface area contributed by atoms with E-state index in [1.54, 1.807) is 19.1 Å². The van der Waals surface area contributed by atoms with Crippen molar-refractivity contribution in [2.45, 2.75) is 11.8 Å². The van der Waals surface area contributed by atoms with E-state index in [9.17, 15) is 12.8 Å². The Morgan fingerprint density at radius 3 is 2.71 bits per heavy atom. The van der Waals surface area contributed by atoms with E-state index in [2.05, 4.69) is 25.6 Å². The fraction of sp³-hybridized carbons (Fsp3) is 0.154. The highest BCUT2D eigenvalue weighted by molar-refractivity contribution is 9.10. The molecule has 2 aromatic rings. The van der Waals surface area contributed by atoms with E-state index in [1.165, 1.54) is 12.1 Å². The average molecular weight is 375 g/mol. The van der Waals surface area contributed by atoms with Crippen molar-refractivity contribution in [3.63, 3.8) is 0 Å². The Hall–Kier alpha value is -1.67. The van der Waals surface area contributed by atoms with Gasteiger partial charge in [-0.15, -0.1) is 0 Å². The van der Waals surface area contributed by atoms with E-state index >= 15 is 0 Å². The molecule has 0 aliphatic heterocycles. The third kappa shape index (κ3) is 3.92. The number of pyridine rings is 1. The van der Waals surface area contributed by atoms with Crippen molar-refractivity contribution < 1.29 is 17.5 Å². The van der Waals surface area contributed by atoms with Gasteiger partial charge in [0.1, 0.15) is 10.6 Å². The third-order valence-corrected chi connectivity index (χ3v) is 4.37. The monoisotopic (exact) mass is 374 g/mol. The Morgan fingerprint density at radius 1 is 1.33 bits per heavy atom. The van der Waals surface area contributed by atoms with E-state index in [1.807, 2.05) is 0 Å². The Morgan fingerprint density at radius 2 is 2.10 bits per heavy atom. The predicted molar refractivity (Wildman–Crippen MR) is 80.3 cm³/mol. The molecule has 0 atom stereocenters. The second-order valence-corrected chi connectivity index (χ2v) is 6.57. The molecule has 0 fully saturated rings. The van der Waals surface area contributed by atoms with E-state index in [-0.39, 0.29) is 16.3 Å². The maximum Gasteiger partial charge on any atom is 0.265 e. The molecule has 21 heavy (non-hydrogen) atoms. The maximum atomic E-state index is 12.7. The van der Waals surface area contributed by atoms with Gasteiger partial charge in [0.2, 0.25) is 5.95 Å². The number of sulfonamides is 1. The van der Waals surface area contributed by atoms with Crippen LogP contribution in [0.15, 0.2) is 45.9 Å². The molecule has 1 aromatic carbocycles. The molecule has 0 spiro atoms. The molecule has 8 heteroatoms. The van der Waals surface area contributed by atoms with Crippen molar-refractivity contribution in [3.8, 4) is 5.75 Å². The smallest absolute Gasteiger partial charge is 0.265 e. The minimum Gasteiger partial charge on any atom is -0.492 e. The number of nitrogens with zero attached hydrogens (tertiary/aromatic N) is 1. The van der Waals surface area contributed by atoms with E-state index in [0.717, 1.165) is 12.3 Å². The number of aromatic nitrogens is 1. The van der Waals surface area contributed by atoms with Crippen LogP contribution in [0.25, 0.3) is 0 Å². The summed E-state index contributed by atoms with van der Waals surface area (Å²) < 4.78 is 45.8. The SMILES string of the molecule is CCOc1ccc(Br)cc1S(=O)(=O)Nc1ccc(F)nc1. The number of ether oxygens (including phenoxy) is 1. The van der Waals surface area contributed by atoms with Crippen LogP contribution in [0, 0.1) is 5.95 Å². The second-order valence-electron chi connectivity index (χ2n) is 4.00. The van der Waals surface area contributed by atoms with Gasteiger partial charge in [0.25, 0.3) is 10.0 Å². The maximum absolute atomic E-state index is 12.7. The molecule has 0 saturated heterocycles. The van der Waals surface area contributed by atoms with Crippen LogP contribution in [-0.2, 0) is 10.0 Å². The van der Waals surface area contributed by atoms with Crippen LogP contribution < -0.4 is 9.46 Å². The normalized spacial score (nSPS) is 11.2. The van der Waals surface area contributed by atoms with Crippen molar-refractivity contribution >= 4 is 31.6 Å². The van der Waals surface area contributed by atoms with Crippen molar-refractivity contribution in [1.82, 2.24) is 4.98 Å². The minimum absolute atomic E-state index is 0.0111. The van der Waals surface area contributed by atoms with Gasteiger partial charge in [-0.05, 0) is 37.3 Å². The quantitative estimate of drug-likeness (QED) is 0.816. The zero-order valence-electron chi connectivity index (χ0n) is 11.0. The lowest BCUT2D eigenvalue weighted by Gasteiger charge is -2.12. The number of benzene rings is 1. The van der Waals surface area contributed by atoms with Crippen LogP contribution in [0.4, 0.5) is 10.1 Å². The van der Waals surface area contributed by atoms with Gasteiger partial charge in [0, 0.05) is 4.47 Å². The van der Waals surface area contributed by atoms with Crippen LogP contribution in [0.2, 0.25) is 0 Å². The zero-order chi connectivity index (χ0) is 15.5. The van der Waals surface area contributed by atoms with Crippen LogP contribution in [0.1, 0.15) is 6.92 Å². The molecule has 1 N–H and O–H groups in total. The number of halogens is 2. The lowest BCUT2D eigenvalue weighted by molar-refractivity contribution is 0.331. The molecule has 0 radical (unpaired) electrons. The first-order valence-electron chi connectivity index (χ1n) is 5.99. The first-order valence-corrected chi connectivity index (χ1v) is 8.26. The average Bonchev–Trinajstić information content (AvgIpc) is 2.43. The van der Waals surface area contributed by atoms with Gasteiger partial charge in [-0.2, -0.15) is 4.39 Å². The summed E-state index contributed by atoms with van der Waals surface area (Å²) in [5.41, 5.74) is 0.166. The standard InChI is InChI=1S/C13H12BrFN2O3S/c1-2-20-11-5-3-9(14)7-12(11)21(18,19)17-10-4-6-13(15)16-8-10/h3-8,17H,2H2,1H3. The van der Waals surface area contributed by atoms with Crippen LogP contribution >= 0.6 is 15.9 Å². The van der Waals surface area contributed by atoms with Crippen LogP contribution in [0.5, 0.6) is 5.75 Å². The lowest BCUT2D eigenvalue weighted by Crippen LogP contribution is -2.14. The topological polar surface area (TPSA) is 68.3 Å². The van der Waals surface area contributed by atoms with E-state index < -0.39 is 16.0 Å². The molecule has 1 aromatic heterocycles. The van der Waals surface area contributed by atoms with Gasteiger partial charge in [0.15, 0.2) is 0 Å². The number of anilines is 1. The summed E-state index contributed by atoms with van der Waals surface area (Å²) in [6, 6.07) is 7.04. The summed E-state index contributed by atoms with van der Waals surface area (Å²) in [6.07, 6.45) is 1.10. The number of nitrogens with one attached hydrogen (secondary N) is 1. The number of hydrogen-bond donors (Lipinski definition) is 1. The summed E-state index contributed by atoms with van der Waals surface area (Å²) in [5, 5.41) is 0. The van der Waals surface area contributed by atoms with Gasteiger partial charge in [-0.1, -0.05) is 15.9 Å². The summed E-state index contributed by atoms with van der Waals surface area (Å²) in [7, 11) is -3.87. The molecule has 0 bridgehead atoms. The van der Waals surface area contributed by atoms with Crippen molar-refractivity contribution in [3.05, 3.63) is 46.9 Å².